The fourth-order valence-electron chi connectivity index (χ4n) is 5.42. The zero-order valence-electron chi connectivity index (χ0n) is 25.3. The molecule has 6 rings (SSSR count). The molecule has 7 nitrogen and oxygen atoms in total. The van der Waals surface area contributed by atoms with E-state index >= 15 is 0 Å². The highest BCUT2D eigenvalue weighted by atomic mass is 32.1. The van der Waals surface area contributed by atoms with E-state index in [-0.39, 0.29) is 5.71 Å². The average Bonchev–Trinajstić information content (AvgIpc) is 3.61. The molecule has 0 unspecified atom stereocenters. The Morgan fingerprint density at radius 2 is 1.17 bits per heavy atom. The lowest BCUT2D eigenvalue weighted by Gasteiger charge is -2.36. The van der Waals surface area contributed by atoms with Gasteiger partial charge in [0, 0.05) is 5.38 Å². The Labute approximate surface area is 277 Å². The van der Waals surface area contributed by atoms with Crippen LogP contribution in [-0.4, -0.2) is 29.6 Å². The number of carbonyl (C=O) groups excluding carboxylic acids is 2. The minimum absolute atomic E-state index is 0.0468. The average molecular weight is 638 g/mol. The van der Waals surface area contributed by atoms with Crippen LogP contribution in [0.5, 0.6) is 0 Å². The lowest BCUT2D eigenvalue weighted by Crippen LogP contribution is -2.38. The van der Waals surface area contributed by atoms with Crippen molar-refractivity contribution in [1.29, 1.82) is 0 Å². The minimum Gasteiger partial charge on any atom is -0.450 e. The van der Waals surface area contributed by atoms with Crippen molar-refractivity contribution in [1.82, 2.24) is 4.98 Å². The van der Waals surface area contributed by atoms with Crippen LogP contribution in [-0.2, 0) is 24.7 Å². The molecule has 0 aliphatic carbocycles. The maximum atomic E-state index is 12.8. The summed E-state index contributed by atoms with van der Waals surface area (Å²) in [6.45, 7) is -0.484. The smallest absolute Gasteiger partial charge is 0.347 e. The fourth-order valence-corrected chi connectivity index (χ4v) is 6.18. The topological polar surface area (TPSA) is 89.9 Å². The van der Waals surface area contributed by atoms with E-state index in [1.165, 1.54) is 11.3 Å². The van der Waals surface area contributed by atoms with Crippen molar-refractivity contribution in [3.05, 3.63) is 191 Å². The van der Waals surface area contributed by atoms with Crippen LogP contribution in [0.2, 0.25) is 0 Å². The predicted molar refractivity (Wildman–Crippen MR) is 184 cm³/mol. The van der Waals surface area contributed by atoms with Gasteiger partial charge < -0.3 is 14.9 Å². The highest BCUT2D eigenvalue weighted by molar-refractivity contribution is 7.14. The molecular weight excluding hydrogens is 607 g/mol. The van der Waals surface area contributed by atoms with E-state index in [0.29, 0.717) is 17.1 Å². The third-order valence-electron chi connectivity index (χ3n) is 7.59. The minimum atomic E-state index is -0.786. The Morgan fingerprint density at radius 3 is 1.62 bits per heavy atom. The normalized spacial score (nSPS) is 11.6. The molecule has 1 N–H and O–H groups in total. The molecule has 1 aromatic heterocycles. The van der Waals surface area contributed by atoms with E-state index in [0.717, 1.165) is 27.8 Å². The maximum absolute atomic E-state index is 12.8. The van der Waals surface area contributed by atoms with Gasteiger partial charge in [0.15, 0.2) is 23.2 Å². The third-order valence-corrected chi connectivity index (χ3v) is 8.35. The molecule has 0 saturated carbocycles. The molecule has 0 atom stereocenters. The van der Waals surface area contributed by atoms with Gasteiger partial charge in [0.2, 0.25) is 6.61 Å². The summed E-state index contributed by atoms with van der Waals surface area (Å²) in [5.41, 5.74) is 4.18. The Balaban J connectivity index is 1.22. The number of benzene rings is 5. The van der Waals surface area contributed by atoms with Crippen LogP contribution in [0.4, 0.5) is 5.13 Å². The van der Waals surface area contributed by atoms with Crippen molar-refractivity contribution in [2.75, 3.05) is 11.9 Å². The Morgan fingerprint density at radius 1 is 0.723 bits per heavy atom. The zero-order chi connectivity index (χ0) is 32.3. The van der Waals surface area contributed by atoms with Crippen molar-refractivity contribution < 1.29 is 19.2 Å². The first-order chi connectivity index (χ1) is 23.2. The van der Waals surface area contributed by atoms with Gasteiger partial charge in [-0.3, -0.25) is 4.79 Å². The van der Waals surface area contributed by atoms with Crippen molar-refractivity contribution in [3.63, 3.8) is 0 Å². The second-order valence-corrected chi connectivity index (χ2v) is 11.4. The van der Waals surface area contributed by atoms with Gasteiger partial charge in [-0.15, -0.1) is 11.3 Å². The second-order valence-electron chi connectivity index (χ2n) is 10.6. The van der Waals surface area contributed by atoms with E-state index in [2.05, 4.69) is 46.9 Å². The van der Waals surface area contributed by atoms with Gasteiger partial charge in [0.1, 0.15) is 11.2 Å². The highest BCUT2D eigenvalue weighted by Crippen LogP contribution is 2.40. The number of nitrogens with one attached hydrogen (secondary N) is 1. The summed E-state index contributed by atoms with van der Waals surface area (Å²) in [4.78, 5) is 35.0. The summed E-state index contributed by atoms with van der Waals surface area (Å²) in [6.07, 6.45) is -0.0611. The summed E-state index contributed by atoms with van der Waals surface area (Å²) in [7, 11) is 0. The molecular formula is C39H31N3O4S. The number of thiazole rings is 1. The van der Waals surface area contributed by atoms with Gasteiger partial charge in [-0.05, 0) is 27.8 Å². The number of hydrogen-bond donors (Lipinski definition) is 1. The molecule has 0 fully saturated rings. The van der Waals surface area contributed by atoms with Crippen LogP contribution in [0, 0.1) is 0 Å². The van der Waals surface area contributed by atoms with Gasteiger partial charge in [0.05, 0.1) is 0 Å². The predicted octanol–water partition coefficient (Wildman–Crippen LogP) is 7.80. The van der Waals surface area contributed by atoms with Gasteiger partial charge in [0.25, 0.3) is 0 Å². The Hall–Kier alpha value is -5.86. The first kappa shape index (κ1) is 31.1. The number of oxime groups is 1. The molecule has 0 saturated heterocycles. The summed E-state index contributed by atoms with van der Waals surface area (Å²) in [5.74, 6) is -0.629. The first-order valence-electron chi connectivity index (χ1n) is 15.0. The number of carbonyl (C=O) groups is 2. The first-order valence-corrected chi connectivity index (χ1v) is 15.9. The van der Waals surface area contributed by atoms with Crippen LogP contribution in [0.25, 0.3) is 0 Å². The largest absolute Gasteiger partial charge is 0.450 e. The standard InChI is InChI=1S/C39H31N3O4S/c43-26-34(42-45-27-36(44)46-37(29-16-6-1-7-17-29)30-18-8-2-9-19-30)35-28-47-38(40-35)41-39(31-20-10-3-11-21-31,32-22-12-4-13-23-32)33-24-14-5-15-25-33/h1-26,28,37H,27H2,(H,40,41)/b42-34+. The van der Waals surface area contributed by atoms with Crippen LogP contribution in [0.15, 0.2) is 162 Å². The van der Waals surface area contributed by atoms with Crippen LogP contribution in [0.3, 0.4) is 0 Å². The molecule has 0 aliphatic rings. The monoisotopic (exact) mass is 637 g/mol. The number of aromatic nitrogens is 1. The number of hydrogen-bond acceptors (Lipinski definition) is 8. The number of aldehydes is 1. The van der Waals surface area contributed by atoms with E-state index in [1.54, 1.807) is 5.38 Å². The molecule has 0 radical (unpaired) electrons. The zero-order valence-corrected chi connectivity index (χ0v) is 26.1. The maximum Gasteiger partial charge on any atom is 0.347 e. The molecule has 8 heteroatoms. The van der Waals surface area contributed by atoms with Crippen molar-refractivity contribution in [2.45, 2.75) is 11.6 Å². The van der Waals surface area contributed by atoms with Crippen LogP contribution in [0.1, 0.15) is 39.6 Å². The molecule has 0 aliphatic heterocycles. The van der Waals surface area contributed by atoms with Gasteiger partial charge in [-0.2, -0.15) is 0 Å². The van der Waals surface area contributed by atoms with Crippen LogP contribution >= 0.6 is 11.3 Å². The van der Waals surface area contributed by atoms with E-state index < -0.39 is 24.2 Å². The molecule has 0 spiro atoms. The quantitative estimate of drug-likeness (QED) is 0.0457. The van der Waals surface area contributed by atoms with E-state index in [1.807, 2.05) is 115 Å². The fraction of sp³-hybridized carbons (Fsp3) is 0.0769. The summed E-state index contributed by atoms with van der Waals surface area (Å²) >= 11 is 1.34. The molecule has 5 aromatic carbocycles. The molecule has 47 heavy (non-hydrogen) atoms. The Bertz CT molecular complexity index is 1780. The molecule has 6 aromatic rings. The molecule has 232 valence electrons. The number of anilines is 1. The van der Waals surface area contributed by atoms with E-state index in [4.69, 9.17) is 14.6 Å². The van der Waals surface area contributed by atoms with Crippen molar-refractivity contribution in [3.8, 4) is 0 Å². The van der Waals surface area contributed by atoms with Crippen molar-refractivity contribution >= 4 is 34.4 Å². The highest BCUT2D eigenvalue weighted by Gasteiger charge is 2.37. The molecule has 0 amide bonds. The Kier molecular flexibility index (Phi) is 9.90. The van der Waals surface area contributed by atoms with Gasteiger partial charge >= 0.3 is 5.97 Å². The second kappa shape index (κ2) is 14.9. The third kappa shape index (κ3) is 7.19. The SMILES string of the molecule is O=C/C(=N\OCC(=O)OC(c1ccccc1)c1ccccc1)c1csc(NC(c2ccccc2)(c2ccccc2)c2ccccc2)n1. The lowest BCUT2D eigenvalue weighted by atomic mass is 9.77. The van der Waals surface area contributed by atoms with Crippen LogP contribution < -0.4 is 5.32 Å². The number of esters is 1. The van der Waals surface area contributed by atoms with Crippen molar-refractivity contribution in [2.24, 2.45) is 5.16 Å². The summed E-state index contributed by atoms with van der Waals surface area (Å²) < 4.78 is 5.78. The van der Waals surface area contributed by atoms with E-state index in [9.17, 15) is 9.59 Å². The van der Waals surface area contributed by atoms with Gasteiger partial charge in [-0.25, -0.2) is 9.78 Å². The molecule has 0 bridgehead atoms. The number of nitrogens with zero attached hydrogens (tertiary/aromatic N) is 2. The number of ether oxygens (including phenoxy) is 1. The summed E-state index contributed by atoms with van der Waals surface area (Å²) in [5, 5.41) is 9.94. The lowest BCUT2D eigenvalue weighted by molar-refractivity contribution is -0.153. The summed E-state index contributed by atoms with van der Waals surface area (Å²) in [6, 6.07) is 49.4. The van der Waals surface area contributed by atoms with Gasteiger partial charge in [-0.1, -0.05) is 157 Å². The number of rotatable bonds is 13. The molecule has 1 heterocycles.